The Labute approximate surface area is 143 Å². The minimum atomic E-state index is -0.135. The van der Waals surface area contributed by atoms with Crippen molar-refractivity contribution in [1.82, 2.24) is 15.1 Å². The highest BCUT2D eigenvalue weighted by Gasteiger charge is 2.36. The lowest BCUT2D eigenvalue weighted by Crippen LogP contribution is -2.50. The molecule has 0 saturated carbocycles. The van der Waals surface area contributed by atoms with Gasteiger partial charge in [0, 0.05) is 38.9 Å². The highest BCUT2D eigenvalue weighted by atomic mass is 16.5. The molecule has 0 bridgehead atoms. The number of amides is 1. The summed E-state index contributed by atoms with van der Waals surface area (Å²) in [7, 11) is 1.97. The number of nitrogens with zero attached hydrogens (tertiary/aromatic N) is 3. The zero-order valence-corrected chi connectivity index (χ0v) is 14.9. The molecule has 6 nitrogen and oxygen atoms in total. The predicted molar refractivity (Wildman–Crippen MR) is 94.0 cm³/mol. The Balaban J connectivity index is 1.62. The van der Waals surface area contributed by atoms with Crippen LogP contribution >= 0.6 is 0 Å². The van der Waals surface area contributed by atoms with Crippen LogP contribution in [0.15, 0.2) is 18.2 Å². The summed E-state index contributed by atoms with van der Waals surface area (Å²) >= 11 is 0. The molecule has 2 aliphatic heterocycles. The summed E-state index contributed by atoms with van der Waals surface area (Å²) in [4.78, 5) is 15.0. The van der Waals surface area contributed by atoms with Gasteiger partial charge >= 0.3 is 0 Å². The molecule has 132 valence electrons. The van der Waals surface area contributed by atoms with Gasteiger partial charge in [0.25, 0.3) is 0 Å². The number of carbonyl (C=O) groups is 1. The van der Waals surface area contributed by atoms with Crippen molar-refractivity contribution in [2.75, 3.05) is 24.6 Å². The average Bonchev–Trinajstić information content (AvgIpc) is 3.14. The van der Waals surface area contributed by atoms with E-state index in [1.165, 1.54) is 0 Å². The van der Waals surface area contributed by atoms with E-state index >= 15 is 0 Å². The van der Waals surface area contributed by atoms with E-state index in [-0.39, 0.29) is 24.0 Å². The zero-order chi connectivity index (χ0) is 17.3. The summed E-state index contributed by atoms with van der Waals surface area (Å²) in [5.74, 6) is 1.13. The van der Waals surface area contributed by atoms with Gasteiger partial charge in [0.1, 0.15) is 5.82 Å². The fourth-order valence-corrected chi connectivity index (χ4v) is 3.85. The smallest absolute Gasteiger partial charge is 0.226 e. The van der Waals surface area contributed by atoms with Crippen molar-refractivity contribution in [2.45, 2.75) is 45.3 Å². The van der Waals surface area contributed by atoms with Crippen LogP contribution in [-0.2, 0) is 16.6 Å². The number of piperidine rings is 1. The van der Waals surface area contributed by atoms with E-state index in [0.29, 0.717) is 6.61 Å². The number of nitrogens with one attached hydrogen (secondary N) is 1. The molecule has 3 rings (SSSR count). The molecule has 2 aliphatic rings. The van der Waals surface area contributed by atoms with Crippen molar-refractivity contribution in [1.29, 1.82) is 0 Å². The largest absolute Gasteiger partial charge is 0.373 e. The maximum absolute atomic E-state index is 12.7. The third-order valence-corrected chi connectivity index (χ3v) is 4.98. The van der Waals surface area contributed by atoms with Crippen LogP contribution in [0.5, 0.6) is 0 Å². The summed E-state index contributed by atoms with van der Waals surface area (Å²) in [6.45, 7) is 10.4. The Bertz CT molecular complexity index is 625. The second-order valence-electron chi connectivity index (χ2n) is 7.09. The Morgan fingerprint density at radius 3 is 2.92 bits per heavy atom. The van der Waals surface area contributed by atoms with Gasteiger partial charge in [0.15, 0.2) is 0 Å². The normalized spacial score (nSPS) is 27.3. The standard InChI is InChI=1S/C18H28N4O2/c1-12(2)17-15(7-9-24-17)18(23)19-14-6-5-8-22(11-14)16-10-13(3)20-21(16)4/h10,14-15,17H,1,5-9,11H2,2-4H3,(H,19,23)/t14?,15-,17-/m1/s1. The van der Waals surface area contributed by atoms with Gasteiger partial charge in [-0.1, -0.05) is 12.2 Å². The van der Waals surface area contributed by atoms with E-state index in [1.54, 1.807) is 0 Å². The molecule has 1 unspecified atom stereocenters. The molecule has 0 spiro atoms. The molecule has 2 saturated heterocycles. The van der Waals surface area contributed by atoms with Crippen LogP contribution in [0.25, 0.3) is 0 Å². The monoisotopic (exact) mass is 332 g/mol. The van der Waals surface area contributed by atoms with Crippen molar-refractivity contribution in [3.8, 4) is 0 Å². The number of rotatable bonds is 4. The summed E-state index contributed by atoms with van der Waals surface area (Å²) in [6.07, 6.45) is 2.73. The number of anilines is 1. The molecule has 1 N–H and O–H groups in total. The zero-order valence-electron chi connectivity index (χ0n) is 14.9. The molecule has 0 aromatic carbocycles. The van der Waals surface area contributed by atoms with Gasteiger partial charge in [-0.15, -0.1) is 0 Å². The highest BCUT2D eigenvalue weighted by Crippen LogP contribution is 2.27. The van der Waals surface area contributed by atoms with Crippen LogP contribution in [0.1, 0.15) is 31.9 Å². The predicted octanol–water partition coefficient (Wildman–Crippen LogP) is 1.79. The first kappa shape index (κ1) is 17.0. The Morgan fingerprint density at radius 1 is 1.46 bits per heavy atom. The SMILES string of the molecule is C=C(C)[C@H]1OCC[C@H]1C(=O)NC1CCCN(c2cc(C)nn2C)C1. The average molecular weight is 332 g/mol. The maximum Gasteiger partial charge on any atom is 0.226 e. The van der Waals surface area contributed by atoms with Crippen molar-refractivity contribution >= 4 is 11.7 Å². The van der Waals surface area contributed by atoms with Crippen LogP contribution in [0.4, 0.5) is 5.82 Å². The highest BCUT2D eigenvalue weighted by molar-refractivity contribution is 5.80. The fraction of sp³-hybridized carbons (Fsp3) is 0.667. The molecule has 0 radical (unpaired) electrons. The second kappa shape index (κ2) is 6.97. The van der Waals surface area contributed by atoms with Gasteiger partial charge < -0.3 is 15.0 Å². The number of hydrogen-bond donors (Lipinski definition) is 1. The molecular weight excluding hydrogens is 304 g/mol. The van der Waals surface area contributed by atoms with E-state index in [4.69, 9.17) is 4.74 Å². The molecule has 6 heteroatoms. The Hall–Kier alpha value is -1.82. The second-order valence-corrected chi connectivity index (χ2v) is 7.09. The number of aromatic nitrogens is 2. The minimum absolute atomic E-state index is 0.100. The van der Waals surface area contributed by atoms with Crippen LogP contribution in [0.3, 0.4) is 0 Å². The van der Waals surface area contributed by atoms with Gasteiger partial charge in [-0.05, 0) is 33.1 Å². The molecular formula is C18H28N4O2. The summed E-state index contributed by atoms with van der Waals surface area (Å²) in [5, 5.41) is 7.67. The molecule has 1 aromatic heterocycles. The quantitative estimate of drug-likeness (QED) is 0.854. The molecule has 1 aromatic rings. The summed E-state index contributed by atoms with van der Waals surface area (Å²) in [6, 6.07) is 2.28. The van der Waals surface area contributed by atoms with Gasteiger partial charge in [0.2, 0.25) is 5.91 Å². The number of ether oxygens (including phenoxy) is 1. The van der Waals surface area contributed by atoms with E-state index in [9.17, 15) is 4.79 Å². The first-order valence-corrected chi connectivity index (χ1v) is 8.78. The van der Waals surface area contributed by atoms with Gasteiger partial charge in [-0.3, -0.25) is 9.48 Å². The van der Waals surface area contributed by atoms with Crippen LogP contribution in [-0.4, -0.2) is 47.5 Å². The lowest BCUT2D eigenvalue weighted by atomic mass is 9.95. The third kappa shape index (κ3) is 3.48. The van der Waals surface area contributed by atoms with Crippen molar-refractivity contribution in [2.24, 2.45) is 13.0 Å². The van der Waals surface area contributed by atoms with Crippen molar-refractivity contribution < 1.29 is 9.53 Å². The molecule has 1 amide bonds. The summed E-state index contributed by atoms with van der Waals surface area (Å²) in [5.41, 5.74) is 1.95. The lowest BCUT2D eigenvalue weighted by Gasteiger charge is -2.35. The van der Waals surface area contributed by atoms with Crippen LogP contribution in [0, 0.1) is 12.8 Å². The van der Waals surface area contributed by atoms with Gasteiger partial charge in [-0.2, -0.15) is 5.10 Å². The topological polar surface area (TPSA) is 59.4 Å². The lowest BCUT2D eigenvalue weighted by molar-refractivity contribution is -0.126. The van der Waals surface area contributed by atoms with Crippen LogP contribution < -0.4 is 10.2 Å². The molecule has 24 heavy (non-hydrogen) atoms. The van der Waals surface area contributed by atoms with Crippen molar-refractivity contribution in [3.63, 3.8) is 0 Å². The van der Waals surface area contributed by atoms with Crippen LogP contribution in [0.2, 0.25) is 0 Å². The Kier molecular flexibility index (Phi) is 4.94. The first-order chi connectivity index (χ1) is 11.5. The van der Waals surface area contributed by atoms with Crippen molar-refractivity contribution in [3.05, 3.63) is 23.9 Å². The molecule has 3 heterocycles. The molecule has 3 atom stereocenters. The number of hydrogen-bond acceptors (Lipinski definition) is 4. The van der Waals surface area contributed by atoms with Gasteiger partial charge in [-0.25, -0.2) is 0 Å². The van der Waals surface area contributed by atoms with E-state index in [2.05, 4.69) is 28.0 Å². The fourth-order valence-electron chi connectivity index (χ4n) is 3.85. The van der Waals surface area contributed by atoms with E-state index < -0.39 is 0 Å². The minimum Gasteiger partial charge on any atom is -0.373 e. The van der Waals surface area contributed by atoms with E-state index in [0.717, 1.165) is 49.4 Å². The van der Waals surface area contributed by atoms with Gasteiger partial charge in [0.05, 0.1) is 17.7 Å². The number of aryl methyl sites for hydroxylation is 2. The number of carbonyl (C=O) groups excluding carboxylic acids is 1. The third-order valence-electron chi connectivity index (χ3n) is 4.98. The van der Waals surface area contributed by atoms with E-state index in [1.807, 2.05) is 25.6 Å². The molecule has 0 aliphatic carbocycles. The Morgan fingerprint density at radius 2 is 2.25 bits per heavy atom. The first-order valence-electron chi connectivity index (χ1n) is 8.78. The maximum atomic E-state index is 12.7. The molecule has 2 fully saturated rings. The summed E-state index contributed by atoms with van der Waals surface area (Å²) < 4.78 is 7.58.